The van der Waals surface area contributed by atoms with Crippen LogP contribution in [0.4, 0.5) is 0 Å². The van der Waals surface area contributed by atoms with Gasteiger partial charge in [-0.05, 0) is 19.8 Å². The second-order valence-electron chi connectivity index (χ2n) is 8.40. The predicted octanol–water partition coefficient (Wildman–Crippen LogP) is 2.10. The number of sulfone groups is 1. The van der Waals surface area contributed by atoms with Gasteiger partial charge in [-0.2, -0.15) is 9.97 Å². The molecule has 0 amide bonds. The van der Waals surface area contributed by atoms with E-state index in [0.717, 1.165) is 12.8 Å². The second-order valence-corrected chi connectivity index (χ2v) is 11.1. The molecule has 0 spiro atoms. The van der Waals surface area contributed by atoms with E-state index in [2.05, 4.69) is 30.1 Å². The van der Waals surface area contributed by atoms with Crippen LogP contribution in [-0.4, -0.2) is 82.9 Å². The van der Waals surface area contributed by atoms with Gasteiger partial charge in [0.15, 0.2) is 21.3 Å². The molecule has 0 N–H and O–H groups in total. The molecule has 0 radical (unpaired) electrons. The van der Waals surface area contributed by atoms with E-state index in [1.54, 1.807) is 11.5 Å². The zero-order chi connectivity index (χ0) is 26.6. The normalized spacial score (nSPS) is 17.8. The molecular formula is C22H28ClN7O6S. The van der Waals surface area contributed by atoms with E-state index in [9.17, 15) is 8.42 Å². The topological polar surface area (TPSA) is 153 Å². The summed E-state index contributed by atoms with van der Waals surface area (Å²) in [7, 11) is 0.442. The smallest absolute Gasteiger partial charge is 0.245 e. The highest BCUT2D eigenvalue weighted by Gasteiger charge is 2.36. The molecule has 1 saturated heterocycles. The molecular weight excluding hydrogens is 526 g/mol. The van der Waals surface area contributed by atoms with Gasteiger partial charge in [-0.3, -0.25) is 9.55 Å². The van der Waals surface area contributed by atoms with Crippen LogP contribution in [0.25, 0.3) is 5.69 Å². The van der Waals surface area contributed by atoms with Crippen LogP contribution in [0.2, 0.25) is 5.15 Å². The Hall–Kier alpha value is -2.94. The number of rotatable bonds is 10. The van der Waals surface area contributed by atoms with Gasteiger partial charge in [0.25, 0.3) is 0 Å². The van der Waals surface area contributed by atoms with Gasteiger partial charge in [-0.15, -0.1) is 10.2 Å². The molecule has 3 atom stereocenters. The number of halogens is 1. The van der Waals surface area contributed by atoms with E-state index in [4.69, 9.17) is 30.5 Å². The van der Waals surface area contributed by atoms with Gasteiger partial charge in [0.05, 0.1) is 44.2 Å². The van der Waals surface area contributed by atoms with Crippen LogP contribution in [0, 0.1) is 0 Å². The lowest BCUT2D eigenvalue weighted by atomic mass is 10.0. The molecule has 1 fully saturated rings. The minimum Gasteiger partial charge on any atom is -0.479 e. The van der Waals surface area contributed by atoms with Crippen molar-refractivity contribution in [2.24, 2.45) is 0 Å². The third-order valence-electron chi connectivity index (χ3n) is 6.15. The number of hydrogen-bond acceptors (Lipinski definition) is 12. The Morgan fingerprint density at radius 2 is 1.84 bits per heavy atom. The Bertz CT molecular complexity index is 1290. The molecule has 37 heavy (non-hydrogen) atoms. The zero-order valence-electron chi connectivity index (χ0n) is 20.9. The van der Waals surface area contributed by atoms with Crippen LogP contribution in [0.1, 0.15) is 49.1 Å². The van der Waals surface area contributed by atoms with Crippen molar-refractivity contribution in [3.05, 3.63) is 41.2 Å². The molecule has 0 aliphatic carbocycles. The van der Waals surface area contributed by atoms with Gasteiger partial charge < -0.3 is 18.9 Å². The first-order valence-electron chi connectivity index (χ1n) is 11.5. The fourth-order valence-corrected chi connectivity index (χ4v) is 5.77. The molecule has 0 aromatic carbocycles. The number of ether oxygens (including phenoxy) is 4. The lowest BCUT2D eigenvalue weighted by Gasteiger charge is -2.24. The van der Waals surface area contributed by atoms with E-state index >= 15 is 0 Å². The molecule has 0 unspecified atom stereocenters. The Morgan fingerprint density at radius 1 is 1.11 bits per heavy atom. The van der Waals surface area contributed by atoms with Crippen LogP contribution in [0.15, 0.2) is 18.7 Å². The van der Waals surface area contributed by atoms with Crippen molar-refractivity contribution < 1.29 is 27.4 Å². The highest BCUT2D eigenvalue weighted by molar-refractivity contribution is 7.91. The first kappa shape index (κ1) is 27.1. The SMILES string of the molecule is COc1ncnc(OC)c1-n1c(CS(=O)(=O)[C@@H](C)[C@H](OC)c2cnc(Cl)cn2)nnc1[C@@H]1CCCOC1. The molecule has 1 aliphatic heterocycles. The molecule has 4 heterocycles. The first-order chi connectivity index (χ1) is 17.8. The summed E-state index contributed by atoms with van der Waals surface area (Å²) in [5.41, 5.74) is 0.645. The number of nitrogens with zero attached hydrogens (tertiary/aromatic N) is 7. The van der Waals surface area contributed by atoms with Crippen molar-refractivity contribution in [1.82, 2.24) is 34.7 Å². The number of hydrogen-bond donors (Lipinski definition) is 0. The van der Waals surface area contributed by atoms with E-state index in [1.165, 1.54) is 40.1 Å². The van der Waals surface area contributed by atoms with Crippen LogP contribution in [0.5, 0.6) is 11.8 Å². The summed E-state index contributed by atoms with van der Waals surface area (Å²) in [6.45, 7) is 2.61. The van der Waals surface area contributed by atoms with Crippen LogP contribution in [-0.2, 0) is 25.1 Å². The molecule has 13 nitrogen and oxygen atoms in total. The molecule has 4 rings (SSSR count). The van der Waals surface area contributed by atoms with Gasteiger partial charge in [-0.25, -0.2) is 13.4 Å². The van der Waals surface area contributed by atoms with Gasteiger partial charge in [0, 0.05) is 19.6 Å². The molecule has 0 saturated carbocycles. The highest BCUT2D eigenvalue weighted by atomic mass is 35.5. The van der Waals surface area contributed by atoms with Crippen molar-refractivity contribution in [1.29, 1.82) is 0 Å². The van der Waals surface area contributed by atoms with E-state index in [1.807, 2.05) is 0 Å². The maximum Gasteiger partial charge on any atom is 0.245 e. The summed E-state index contributed by atoms with van der Waals surface area (Å²) in [5, 5.41) is 7.84. The third-order valence-corrected chi connectivity index (χ3v) is 8.39. The third kappa shape index (κ3) is 5.66. The molecule has 0 bridgehead atoms. The molecule has 1 aliphatic rings. The maximum absolute atomic E-state index is 13.7. The summed E-state index contributed by atoms with van der Waals surface area (Å²) >= 11 is 5.84. The van der Waals surface area contributed by atoms with Crippen molar-refractivity contribution in [3.8, 4) is 17.4 Å². The summed E-state index contributed by atoms with van der Waals surface area (Å²) in [6.07, 6.45) is 4.76. The Morgan fingerprint density at radius 3 is 2.41 bits per heavy atom. The highest BCUT2D eigenvalue weighted by Crippen LogP contribution is 2.35. The largest absolute Gasteiger partial charge is 0.479 e. The molecule has 3 aromatic heterocycles. The number of methoxy groups -OCH3 is 3. The van der Waals surface area contributed by atoms with E-state index < -0.39 is 26.9 Å². The van der Waals surface area contributed by atoms with Crippen LogP contribution >= 0.6 is 11.6 Å². The van der Waals surface area contributed by atoms with E-state index in [-0.39, 0.29) is 28.7 Å². The van der Waals surface area contributed by atoms with Crippen molar-refractivity contribution in [2.75, 3.05) is 34.5 Å². The van der Waals surface area contributed by atoms with Gasteiger partial charge in [0.2, 0.25) is 11.8 Å². The minimum absolute atomic E-state index is 0.124. The van der Waals surface area contributed by atoms with Crippen molar-refractivity contribution in [2.45, 2.75) is 42.8 Å². The standard InChI is InChI=1S/C22H28ClN7O6S/c1-13(19(33-2)15-8-25-16(23)9-24-15)37(31,32)11-17-28-29-20(14-6-5-7-36-10-14)30(17)18-21(34-3)26-12-27-22(18)35-4/h8-9,12-14,19H,5-7,10-11H2,1-4H3/t13-,14+,19-/m0/s1. The lowest BCUT2D eigenvalue weighted by Crippen LogP contribution is -2.30. The molecule has 15 heteroatoms. The Kier molecular flexibility index (Phi) is 8.52. The van der Waals surface area contributed by atoms with Gasteiger partial charge in [0.1, 0.15) is 29.2 Å². The second kappa shape index (κ2) is 11.6. The monoisotopic (exact) mass is 553 g/mol. The zero-order valence-corrected chi connectivity index (χ0v) is 22.4. The fourth-order valence-electron chi connectivity index (χ4n) is 4.24. The average molecular weight is 554 g/mol. The Balaban J connectivity index is 1.78. The summed E-state index contributed by atoms with van der Waals surface area (Å²) in [4.78, 5) is 16.6. The summed E-state index contributed by atoms with van der Waals surface area (Å²) < 4.78 is 51.0. The molecule has 3 aromatic rings. The number of aromatic nitrogens is 7. The lowest BCUT2D eigenvalue weighted by molar-refractivity contribution is 0.0775. The van der Waals surface area contributed by atoms with Gasteiger partial charge in [-0.1, -0.05) is 11.6 Å². The predicted molar refractivity (Wildman–Crippen MR) is 132 cm³/mol. The quantitative estimate of drug-likeness (QED) is 0.361. The van der Waals surface area contributed by atoms with Gasteiger partial charge >= 0.3 is 0 Å². The van der Waals surface area contributed by atoms with Crippen molar-refractivity contribution >= 4 is 21.4 Å². The van der Waals surface area contributed by atoms with Crippen LogP contribution in [0.3, 0.4) is 0 Å². The van der Waals surface area contributed by atoms with Crippen LogP contribution < -0.4 is 9.47 Å². The fraction of sp³-hybridized carbons (Fsp3) is 0.545. The molecule has 200 valence electrons. The minimum atomic E-state index is -3.87. The maximum atomic E-state index is 13.7. The van der Waals surface area contributed by atoms with E-state index in [0.29, 0.717) is 30.4 Å². The Labute approximate surface area is 219 Å². The average Bonchev–Trinajstić information content (AvgIpc) is 3.32. The van der Waals surface area contributed by atoms with Crippen molar-refractivity contribution in [3.63, 3.8) is 0 Å². The summed E-state index contributed by atoms with van der Waals surface area (Å²) in [6, 6.07) is 0. The first-order valence-corrected chi connectivity index (χ1v) is 13.6. The summed E-state index contributed by atoms with van der Waals surface area (Å²) in [5.74, 6) is 0.439.